The number of aromatic amines is 1. The second-order valence-corrected chi connectivity index (χ2v) is 7.52. The van der Waals surface area contributed by atoms with Gasteiger partial charge in [0.1, 0.15) is 17.2 Å². The summed E-state index contributed by atoms with van der Waals surface area (Å²) in [4.78, 5) is 24.5. The van der Waals surface area contributed by atoms with Crippen molar-refractivity contribution < 1.29 is 13.6 Å². The summed E-state index contributed by atoms with van der Waals surface area (Å²) in [6, 6.07) is 11.0. The van der Waals surface area contributed by atoms with E-state index in [1.807, 2.05) is 32.0 Å². The van der Waals surface area contributed by atoms with E-state index in [2.05, 4.69) is 20.3 Å². The molecule has 0 fully saturated rings. The minimum absolute atomic E-state index is 0.156. The number of thioether (sulfide) groups is 1. The molecule has 0 aliphatic rings. The van der Waals surface area contributed by atoms with Crippen molar-refractivity contribution in [2.75, 3.05) is 5.32 Å². The fraction of sp³-hybridized carbons (Fsp3) is 0.150. The Morgan fingerprint density at radius 1 is 1.14 bits per heavy atom. The van der Waals surface area contributed by atoms with Gasteiger partial charge in [0.2, 0.25) is 5.91 Å². The fourth-order valence-corrected chi connectivity index (χ4v) is 3.39. The summed E-state index contributed by atoms with van der Waals surface area (Å²) in [7, 11) is 0. The molecule has 4 heterocycles. The van der Waals surface area contributed by atoms with E-state index >= 15 is 0 Å². The molecule has 0 aliphatic carbocycles. The number of amides is 1. The van der Waals surface area contributed by atoms with Gasteiger partial charge in [-0.3, -0.25) is 4.79 Å². The number of furan rings is 2. The van der Waals surface area contributed by atoms with Crippen LogP contribution >= 0.6 is 11.8 Å². The number of nitrogens with zero attached hydrogens (tertiary/aromatic N) is 2. The molecule has 1 unspecified atom stereocenters. The van der Waals surface area contributed by atoms with Crippen molar-refractivity contribution in [1.29, 1.82) is 0 Å². The summed E-state index contributed by atoms with van der Waals surface area (Å²) in [6.07, 6.45) is 4.90. The van der Waals surface area contributed by atoms with Crippen LogP contribution in [0.2, 0.25) is 0 Å². The third kappa shape index (κ3) is 3.86. The molecule has 0 saturated heterocycles. The molecule has 1 atom stereocenters. The van der Waals surface area contributed by atoms with Crippen LogP contribution in [0, 0.1) is 6.92 Å². The number of rotatable bonds is 6. The van der Waals surface area contributed by atoms with Crippen LogP contribution in [-0.4, -0.2) is 26.1 Å². The van der Waals surface area contributed by atoms with E-state index in [9.17, 15) is 4.79 Å². The fourth-order valence-electron chi connectivity index (χ4n) is 2.59. The molecule has 0 saturated carbocycles. The first-order valence-electron chi connectivity index (χ1n) is 8.68. The number of imidazole rings is 1. The summed E-state index contributed by atoms with van der Waals surface area (Å²) in [5.41, 5.74) is 2.37. The lowest BCUT2D eigenvalue weighted by molar-refractivity contribution is -0.115. The molecule has 1 amide bonds. The number of carbonyl (C=O) groups excluding carboxylic acids is 1. The van der Waals surface area contributed by atoms with Crippen LogP contribution in [0.25, 0.3) is 22.9 Å². The van der Waals surface area contributed by atoms with Gasteiger partial charge >= 0.3 is 0 Å². The Labute approximate surface area is 165 Å². The first-order valence-corrected chi connectivity index (χ1v) is 9.56. The highest BCUT2D eigenvalue weighted by Crippen LogP contribution is 2.34. The second-order valence-electron chi connectivity index (χ2n) is 6.19. The normalized spacial score (nSPS) is 12.1. The standard InChI is InChI=1S/C20H18N4O3S/c1-12-7-8-16(21-11-12)22-19(25)13(2)28-20-23-17(14-5-3-9-26-14)18(24-20)15-6-4-10-27-15/h3-11,13H,1-2H3,(H,23,24)(H,21,22,25). The molecule has 0 radical (unpaired) electrons. The van der Waals surface area contributed by atoms with Gasteiger partial charge in [-0.2, -0.15) is 0 Å². The van der Waals surface area contributed by atoms with Crippen LogP contribution in [0.1, 0.15) is 12.5 Å². The number of aromatic nitrogens is 3. The van der Waals surface area contributed by atoms with Gasteiger partial charge in [0.25, 0.3) is 0 Å². The van der Waals surface area contributed by atoms with Crippen molar-refractivity contribution >= 4 is 23.5 Å². The maximum Gasteiger partial charge on any atom is 0.238 e. The third-order valence-electron chi connectivity index (χ3n) is 4.02. The quantitative estimate of drug-likeness (QED) is 0.458. The highest BCUT2D eigenvalue weighted by Gasteiger charge is 2.22. The van der Waals surface area contributed by atoms with Gasteiger partial charge < -0.3 is 19.1 Å². The summed E-state index contributed by atoms with van der Waals surface area (Å²) in [5.74, 6) is 1.63. The summed E-state index contributed by atoms with van der Waals surface area (Å²) >= 11 is 1.31. The van der Waals surface area contributed by atoms with E-state index < -0.39 is 0 Å². The van der Waals surface area contributed by atoms with Gasteiger partial charge in [-0.15, -0.1) is 0 Å². The van der Waals surface area contributed by atoms with Crippen molar-refractivity contribution in [1.82, 2.24) is 15.0 Å². The maximum absolute atomic E-state index is 12.5. The zero-order valence-corrected chi connectivity index (χ0v) is 16.1. The molecule has 0 aliphatic heterocycles. The molecule has 0 bridgehead atoms. The molecule has 0 spiro atoms. The van der Waals surface area contributed by atoms with Gasteiger partial charge in [-0.1, -0.05) is 17.8 Å². The Kier molecular flexibility index (Phi) is 5.03. The van der Waals surface area contributed by atoms with Crippen molar-refractivity contribution in [3.05, 3.63) is 60.7 Å². The van der Waals surface area contributed by atoms with Gasteiger partial charge in [-0.25, -0.2) is 9.97 Å². The number of hydrogen-bond donors (Lipinski definition) is 2. The van der Waals surface area contributed by atoms with Crippen molar-refractivity contribution in [3.63, 3.8) is 0 Å². The van der Waals surface area contributed by atoms with E-state index in [-0.39, 0.29) is 11.2 Å². The average molecular weight is 394 g/mol. The number of pyridine rings is 1. The highest BCUT2D eigenvalue weighted by atomic mass is 32.2. The van der Waals surface area contributed by atoms with Gasteiger partial charge in [0.15, 0.2) is 16.7 Å². The zero-order chi connectivity index (χ0) is 19.5. The minimum atomic E-state index is -0.386. The molecule has 0 aromatic carbocycles. The van der Waals surface area contributed by atoms with Crippen LogP contribution in [0.5, 0.6) is 0 Å². The number of aryl methyl sites for hydroxylation is 1. The van der Waals surface area contributed by atoms with Gasteiger partial charge in [-0.05, 0) is 49.7 Å². The Morgan fingerprint density at radius 2 is 1.89 bits per heavy atom. The zero-order valence-electron chi connectivity index (χ0n) is 15.3. The van der Waals surface area contributed by atoms with E-state index in [1.54, 1.807) is 36.9 Å². The first kappa shape index (κ1) is 18.1. The molecule has 4 rings (SSSR count). The SMILES string of the molecule is Cc1ccc(NC(=O)C(C)Sc2nc(-c3ccco3)c(-c3ccco3)[nH]2)nc1. The van der Waals surface area contributed by atoms with E-state index in [0.29, 0.717) is 33.9 Å². The molecule has 4 aromatic rings. The summed E-state index contributed by atoms with van der Waals surface area (Å²) in [6.45, 7) is 3.76. The number of anilines is 1. The van der Waals surface area contributed by atoms with Crippen LogP contribution in [0.15, 0.2) is 69.1 Å². The first-order chi connectivity index (χ1) is 13.6. The third-order valence-corrected chi connectivity index (χ3v) is 5.01. The average Bonchev–Trinajstić information content (AvgIpc) is 3.44. The smallest absolute Gasteiger partial charge is 0.238 e. The molecule has 8 heteroatoms. The van der Waals surface area contributed by atoms with Crippen molar-refractivity contribution in [3.8, 4) is 22.9 Å². The van der Waals surface area contributed by atoms with E-state index in [1.165, 1.54) is 11.8 Å². The molecular weight excluding hydrogens is 376 g/mol. The molecule has 2 N–H and O–H groups in total. The molecule has 142 valence electrons. The van der Waals surface area contributed by atoms with E-state index in [0.717, 1.165) is 5.56 Å². The Bertz CT molecular complexity index is 1000. The lowest BCUT2D eigenvalue weighted by atomic mass is 10.2. The molecule has 4 aromatic heterocycles. The van der Waals surface area contributed by atoms with E-state index in [4.69, 9.17) is 8.83 Å². The lowest BCUT2D eigenvalue weighted by Gasteiger charge is -2.10. The van der Waals surface area contributed by atoms with Crippen LogP contribution < -0.4 is 5.32 Å². The minimum Gasteiger partial charge on any atom is -0.463 e. The summed E-state index contributed by atoms with van der Waals surface area (Å²) in [5, 5.41) is 3.02. The second kappa shape index (κ2) is 7.77. The topological polar surface area (TPSA) is 97.0 Å². The lowest BCUT2D eigenvalue weighted by Crippen LogP contribution is -2.23. The maximum atomic E-state index is 12.5. The number of nitrogens with one attached hydrogen (secondary N) is 2. The Hall–Kier alpha value is -3.26. The van der Waals surface area contributed by atoms with Gasteiger partial charge in [0, 0.05) is 6.20 Å². The predicted octanol–water partition coefficient (Wildman–Crippen LogP) is 4.75. The van der Waals surface area contributed by atoms with Crippen molar-refractivity contribution in [2.45, 2.75) is 24.3 Å². The molecule has 28 heavy (non-hydrogen) atoms. The monoisotopic (exact) mass is 394 g/mol. The molecular formula is C20H18N4O3S. The number of carbonyl (C=O) groups is 1. The Morgan fingerprint density at radius 3 is 2.54 bits per heavy atom. The van der Waals surface area contributed by atoms with Crippen molar-refractivity contribution in [2.24, 2.45) is 0 Å². The van der Waals surface area contributed by atoms with Crippen LogP contribution in [-0.2, 0) is 4.79 Å². The summed E-state index contributed by atoms with van der Waals surface area (Å²) < 4.78 is 11.0. The highest BCUT2D eigenvalue weighted by molar-refractivity contribution is 8.00. The Balaban J connectivity index is 1.53. The van der Waals surface area contributed by atoms with Crippen LogP contribution in [0.3, 0.4) is 0 Å². The molecule has 7 nitrogen and oxygen atoms in total. The number of hydrogen-bond acceptors (Lipinski definition) is 6. The van der Waals surface area contributed by atoms with Gasteiger partial charge in [0.05, 0.1) is 17.8 Å². The largest absolute Gasteiger partial charge is 0.463 e. The predicted molar refractivity (Wildman–Crippen MR) is 107 cm³/mol. The number of H-pyrrole nitrogens is 1. The van der Waals surface area contributed by atoms with Crippen LogP contribution in [0.4, 0.5) is 5.82 Å².